The molecule has 2 aliphatic heterocycles. The van der Waals surface area contributed by atoms with E-state index < -0.39 is 5.60 Å². The molecular formula is C13H25N3O3. The molecule has 0 spiro atoms. The molecule has 0 aromatic carbocycles. The van der Waals surface area contributed by atoms with E-state index in [-0.39, 0.29) is 12.5 Å². The number of nitrogens with two attached hydrogens (primary N) is 1. The van der Waals surface area contributed by atoms with Crippen LogP contribution in [0.25, 0.3) is 0 Å². The first kappa shape index (κ1) is 14.7. The van der Waals surface area contributed by atoms with E-state index in [1.54, 1.807) is 0 Å². The predicted octanol–water partition coefficient (Wildman–Crippen LogP) is -0.715. The summed E-state index contributed by atoms with van der Waals surface area (Å²) in [7, 11) is 2.07. The molecule has 0 saturated carbocycles. The number of hydrogen-bond donors (Lipinski definition) is 1. The number of piperazine rings is 1. The van der Waals surface area contributed by atoms with Crippen LogP contribution in [0.1, 0.15) is 12.8 Å². The monoisotopic (exact) mass is 271 g/mol. The van der Waals surface area contributed by atoms with Crippen molar-refractivity contribution in [2.24, 2.45) is 5.73 Å². The SMILES string of the molecule is CN1CCN(C(=O)COC2(CN)CCCOC2)CC1. The van der Waals surface area contributed by atoms with Crippen LogP contribution in [0.3, 0.4) is 0 Å². The van der Waals surface area contributed by atoms with Crippen molar-refractivity contribution in [3.05, 3.63) is 0 Å². The quantitative estimate of drug-likeness (QED) is 0.731. The van der Waals surface area contributed by atoms with Gasteiger partial charge in [0.25, 0.3) is 0 Å². The summed E-state index contributed by atoms with van der Waals surface area (Å²) in [6, 6.07) is 0. The van der Waals surface area contributed by atoms with Crippen LogP contribution in [0.15, 0.2) is 0 Å². The number of likely N-dealkylation sites (N-methyl/N-ethyl adjacent to an activating group) is 1. The molecule has 0 bridgehead atoms. The van der Waals surface area contributed by atoms with Crippen molar-refractivity contribution in [1.82, 2.24) is 9.80 Å². The summed E-state index contributed by atoms with van der Waals surface area (Å²) in [6.07, 6.45) is 1.82. The molecule has 0 aromatic rings. The average Bonchev–Trinajstić information content (AvgIpc) is 2.46. The van der Waals surface area contributed by atoms with E-state index in [2.05, 4.69) is 11.9 Å². The van der Waals surface area contributed by atoms with Gasteiger partial charge in [0.05, 0.1) is 6.61 Å². The van der Waals surface area contributed by atoms with E-state index in [9.17, 15) is 4.79 Å². The maximum Gasteiger partial charge on any atom is 0.248 e. The summed E-state index contributed by atoms with van der Waals surface area (Å²) in [4.78, 5) is 16.2. The second kappa shape index (κ2) is 6.65. The third-order valence-electron chi connectivity index (χ3n) is 4.02. The highest BCUT2D eigenvalue weighted by Gasteiger charge is 2.33. The van der Waals surface area contributed by atoms with Crippen molar-refractivity contribution in [2.75, 3.05) is 59.6 Å². The lowest BCUT2D eigenvalue weighted by atomic mass is 9.96. The van der Waals surface area contributed by atoms with Crippen LogP contribution in [0.5, 0.6) is 0 Å². The molecule has 2 saturated heterocycles. The zero-order chi connectivity index (χ0) is 13.7. The number of nitrogens with zero attached hydrogens (tertiary/aromatic N) is 2. The Kier molecular flexibility index (Phi) is 5.15. The van der Waals surface area contributed by atoms with Crippen molar-refractivity contribution < 1.29 is 14.3 Å². The molecule has 0 aromatic heterocycles. The summed E-state index contributed by atoms with van der Waals surface area (Å²) in [5.41, 5.74) is 5.33. The first-order chi connectivity index (χ1) is 9.15. The van der Waals surface area contributed by atoms with Crippen LogP contribution in [0, 0.1) is 0 Å². The van der Waals surface area contributed by atoms with Gasteiger partial charge in [-0.1, -0.05) is 0 Å². The van der Waals surface area contributed by atoms with Gasteiger partial charge in [-0.15, -0.1) is 0 Å². The van der Waals surface area contributed by atoms with E-state index in [1.165, 1.54) is 0 Å². The fourth-order valence-corrected chi connectivity index (χ4v) is 2.52. The van der Waals surface area contributed by atoms with Crippen LogP contribution >= 0.6 is 0 Å². The van der Waals surface area contributed by atoms with Gasteiger partial charge in [0.1, 0.15) is 12.2 Å². The average molecular weight is 271 g/mol. The summed E-state index contributed by atoms with van der Waals surface area (Å²) >= 11 is 0. The minimum absolute atomic E-state index is 0.0616. The Morgan fingerprint density at radius 1 is 1.37 bits per heavy atom. The molecule has 6 nitrogen and oxygen atoms in total. The molecule has 1 amide bonds. The molecule has 19 heavy (non-hydrogen) atoms. The molecule has 0 aliphatic carbocycles. The molecule has 1 unspecified atom stereocenters. The Bertz CT molecular complexity index is 298. The number of hydrogen-bond acceptors (Lipinski definition) is 5. The van der Waals surface area contributed by atoms with Crippen LogP contribution in [0.2, 0.25) is 0 Å². The maximum absolute atomic E-state index is 12.1. The van der Waals surface area contributed by atoms with Crippen LogP contribution in [-0.4, -0.2) is 80.9 Å². The third kappa shape index (κ3) is 3.89. The van der Waals surface area contributed by atoms with Gasteiger partial charge in [-0.05, 0) is 19.9 Å². The zero-order valence-electron chi connectivity index (χ0n) is 11.8. The highest BCUT2D eigenvalue weighted by Crippen LogP contribution is 2.22. The van der Waals surface area contributed by atoms with Gasteiger partial charge in [-0.3, -0.25) is 4.79 Å². The Morgan fingerprint density at radius 3 is 2.68 bits per heavy atom. The molecule has 2 heterocycles. The summed E-state index contributed by atoms with van der Waals surface area (Å²) in [5.74, 6) is 0.0616. The van der Waals surface area contributed by atoms with E-state index in [1.807, 2.05) is 4.90 Å². The van der Waals surface area contributed by atoms with Gasteiger partial charge in [-0.25, -0.2) is 0 Å². The number of ether oxygens (including phenoxy) is 2. The van der Waals surface area contributed by atoms with Crippen LogP contribution in [0.4, 0.5) is 0 Å². The molecule has 1 atom stereocenters. The van der Waals surface area contributed by atoms with Crippen molar-refractivity contribution in [3.8, 4) is 0 Å². The van der Waals surface area contributed by atoms with Crippen molar-refractivity contribution >= 4 is 5.91 Å². The fraction of sp³-hybridized carbons (Fsp3) is 0.923. The van der Waals surface area contributed by atoms with Gasteiger partial charge in [0.2, 0.25) is 5.91 Å². The van der Waals surface area contributed by atoms with Gasteiger partial charge in [0, 0.05) is 39.3 Å². The molecule has 6 heteroatoms. The highest BCUT2D eigenvalue weighted by molar-refractivity contribution is 5.77. The standard InChI is InChI=1S/C13H25N3O3/c1-15-4-6-16(7-5-15)12(17)9-19-13(10-14)3-2-8-18-11-13/h2-11,14H2,1H3. The maximum atomic E-state index is 12.1. The Hall–Kier alpha value is -0.690. The summed E-state index contributed by atoms with van der Waals surface area (Å²) in [5, 5.41) is 0. The van der Waals surface area contributed by atoms with Crippen molar-refractivity contribution in [2.45, 2.75) is 18.4 Å². The van der Waals surface area contributed by atoms with E-state index in [4.69, 9.17) is 15.2 Å². The van der Waals surface area contributed by atoms with E-state index in [0.29, 0.717) is 13.2 Å². The Labute approximate surface area is 114 Å². The Morgan fingerprint density at radius 2 is 2.11 bits per heavy atom. The minimum Gasteiger partial charge on any atom is -0.378 e. The first-order valence-electron chi connectivity index (χ1n) is 7.03. The van der Waals surface area contributed by atoms with Crippen LogP contribution in [-0.2, 0) is 14.3 Å². The zero-order valence-corrected chi connectivity index (χ0v) is 11.8. The molecule has 2 N–H and O–H groups in total. The third-order valence-corrected chi connectivity index (χ3v) is 4.02. The molecule has 0 radical (unpaired) electrons. The smallest absolute Gasteiger partial charge is 0.248 e. The second-order valence-electron chi connectivity index (χ2n) is 5.52. The lowest BCUT2D eigenvalue weighted by molar-refractivity contribution is -0.156. The lowest BCUT2D eigenvalue weighted by Crippen LogP contribution is -2.52. The minimum atomic E-state index is -0.458. The van der Waals surface area contributed by atoms with E-state index >= 15 is 0 Å². The summed E-state index contributed by atoms with van der Waals surface area (Å²) in [6.45, 7) is 5.20. The largest absolute Gasteiger partial charge is 0.378 e. The molecule has 2 rings (SSSR count). The predicted molar refractivity (Wildman–Crippen MR) is 71.9 cm³/mol. The second-order valence-corrected chi connectivity index (χ2v) is 5.52. The highest BCUT2D eigenvalue weighted by atomic mass is 16.5. The van der Waals surface area contributed by atoms with Crippen molar-refractivity contribution in [3.63, 3.8) is 0 Å². The first-order valence-corrected chi connectivity index (χ1v) is 7.03. The van der Waals surface area contributed by atoms with Crippen molar-refractivity contribution in [1.29, 1.82) is 0 Å². The molecule has 110 valence electrons. The molecule has 2 fully saturated rings. The molecular weight excluding hydrogens is 246 g/mol. The fourth-order valence-electron chi connectivity index (χ4n) is 2.52. The summed E-state index contributed by atoms with van der Waals surface area (Å²) < 4.78 is 11.2. The number of rotatable bonds is 4. The Balaban J connectivity index is 1.78. The van der Waals surface area contributed by atoms with Gasteiger partial charge >= 0.3 is 0 Å². The topological polar surface area (TPSA) is 68.0 Å². The van der Waals surface area contributed by atoms with Crippen LogP contribution < -0.4 is 5.73 Å². The van der Waals surface area contributed by atoms with Gasteiger partial charge in [-0.2, -0.15) is 0 Å². The number of amides is 1. The van der Waals surface area contributed by atoms with Gasteiger partial charge in [0.15, 0.2) is 0 Å². The normalized spacial score (nSPS) is 29.5. The van der Waals surface area contributed by atoms with E-state index in [0.717, 1.165) is 45.6 Å². The number of carbonyl (C=O) groups is 1. The van der Waals surface area contributed by atoms with Gasteiger partial charge < -0.3 is 25.0 Å². The lowest BCUT2D eigenvalue weighted by Gasteiger charge is -2.37. The molecule has 2 aliphatic rings. The number of carbonyl (C=O) groups excluding carboxylic acids is 1.